The third kappa shape index (κ3) is 5.31. The summed E-state index contributed by atoms with van der Waals surface area (Å²) in [6, 6.07) is 20.5. The summed E-state index contributed by atoms with van der Waals surface area (Å²) in [6.07, 6.45) is 0.108. The Kier molecular flexibility index (Phi) is 6.31. The Morgan fingerprint density at radius 3 is 2.16 bits per heavy atom. The van der Waals surface area contributed by atoms with Crippen molar-refractivity contribution >= 4 is 11.7 Å². The number of hydrogen-bond donors (Lipinski definition) is 0. The van der Waals surface area contributed by atoms with Crippen molar-refractivity contribution in [3.8, 4) is 17.4 Å². The number of piperazine rings is 1. The van der Waals surface area contributed by atoms with E-state index in [4.69, 9.17) is 9.47 Å². The molecule has 1 fully saturated rings. The number of benzene rings is 2. The Bertz CT molecular complexity index is 984. The molecule has 0 aliphatic carbocycles. The maximum absolute atomic E-state index is 12.8. The van der Waals surface area contributed by atoms with Crippen molar-refractivity contribution in [1.29, 1.82) is 0 Å². The topological polar surface area (TPSA) is 67.8 Å². The normalized spacial score (nSPS) is 13.9. The number of hydrogen-bond acceptors (Lipinski definition) is 6. The minimum Gasteiger partial charge on any atom is -0.491 e. The molecule has 1 saturated heterocycles. The number of anilines is 1. The maximum atomic E-state index is 12.8. The van der Waals surface area contributed by atoms with Crippen LogP contribution in [0.5, 0.6) is 17.4 Å². The predicted molar refractivity (Wildman–Crippen MR) is 119 cm³/mol. The van der Waals surface area contributed by atoms with E-state index in [0.717, 1.165) is 17.3 Å². The summed E-state index contributed by atoms with van der Waals surface area (Å²) in [5.41, 5.74) is 0.673. The average Bonchev–Trinajstić information content (AvgIpc) is 2.80. The standard InChI is InChI=1S/C24H26N4O3/c1-18(2)30-21-10-8-19(9-11-21)24(29)28-16-14-27(15-17-28)22-12-13-23(26-25-22)31-20-6-4-3-5-7-20/h3-13,18H,14-17H2,1-2H3. The molecule has 0 radical (unpaired) electrons. The Morgan fingerprint density at radius 2 is 1.55 bits per heavy atom. The minimum absolute atomic E-state index is 0.0356. The lowest BCUT2D eigenvalue weighted by atomic mass is 10.1. The highest BCUT2D eigenvalue weighted by molar-refractivity contribution is 5.94. The van der Waals surface area contributed by atoms with Crippen LogP contribution in [-0.2, 0) is 0 Å². The molecule has 0 N–H and O–H groups in total. The monoisotopic (exact) mass is 418 g/mol. The van der Waals surface area contributed by atoms with E-state index in [1.165, 1.54) is 0 Å². The van der Waals surface area contributed by atoms with Gasteiger partial charge in [0, 0.05) is 37.8 Å². The highest BCUT2D eigenvalue weighted by Gasteiger charge is 2.23. The van der Waals surface area contributed by atoms with Gasteiger partial charge in [0.25, 0.3) is 5.91 Å². The van der Waals surface area contributed by atoms with Crippen molar-refractivity contribution in [2.45, 2.75) is 20.0 Å². The molecule has 4 rings (SSSR count). The van der Waals surface area contributed by atoms with E-state index >= 15 is 0 Å². The summed E-state index contributed by atoms with van der Waals surface area (Å²) in [6.45, 7) is 6.63. The SMILES string of the molecule is CC(C)Oc1ccc(C(=O)N2CCN(c3ccc(Oc4ccccc4)nn3)CC2)cc1. The average molecular weight is 418 g/mol. The fourth-order valence-corrected chi connectivity index (χ4v) is 3.41. The van der Waals surface area contributed by atoms with Gasteiger partial charge in [0.15, 0.2) is 5.82 Å². The Labute approximate surface area is 182 Å². The molecule has 7 nitrogen and oxygen atoms in total. The van der Waals surface area contributed by atoms with Gasteiger partial charge in [-0.3, -0.25) is 4.79 Å². The fourth-order valence-electron chi connectivity index (χ4n) is 3.41. The minimum atomic E-state index is 0.0356. The quantitative estimate of drug-likeness (QED) is 0.602. The summed E-state index contributed by atoms with van der Waals surface area (Å²) in [5.74, 6) is 2.76. The number of carbonyl (C=O) groups excluding carboxylic acids is 1. The van der Waals surface area contributed by atoms with Gasteiger partial charge in [0.05, 0.1) is 6.10 Å². The van der Waals surface area contributed by atoms with E-state index in [1.54, 1.807) is 0 Å². The number of nitrogens with zero attached hydrogens (tertiary/aromatic N) is 4. The third-order valence-electron chi connectivity index (χ3n) is 4.96. The summed E-state index contributed by atoms with van der Waals surface area (Å²) in [7, 11) is 0. The molecule has 2 heterocycles. The third-order valence-corrected chi connectivity index (χ3v) is 4.96. The fraction of sp³-hybridized carbons (Fsp3) is 0.292. The molecule has 0 atom stereocenters. The van der Waals surface area contributed by atoms with Gasteiger partial charge in [-0.2, -0.15) is 0 Å². The van der Waals surface area contributed by atoms with Gasteiger partial charge in [-0.25, -0.2) is 0 Å². The number of amides is 1. The Hall–Kier alpha value is -3.61. The number of rotatable bonds is 6. The second kappa shape index (κ2) is 9.47. The first-order valence-corrected chi connectivity index (χ1v) is 10.5. The van der Waals surface area contributed by atoms with E-state index in [1.807, 2.05) is 85.5 Å². The smallest absolute Gasteiger partial charge is 0.253 e. The van der Waals surface area contributed by atoms with E-state index < -0.39 is 0 Å². The van der Waals surface area contributed by atoms with Crippen LogP contribution in [0, 0.1) is 0 Å². The van der Waals surface area contributed by atoms with E-state index in [0.29, 0.717) is 37.6 Å². The van der Waals surface area contributed by atoms with E-state index in [2.05, 4.69) is 15.1 Å². The van der Waals surface area contributed by atoms with Crippen LogP contribution >= 0.6 is 0 Å². The van der Waals surface area contributed by atoms with Crippen LogP contribution in [0.25, 0.3) is 0 Å². The molecule has 7 heteroatoms. The first-order valence-electron chi connectivity index (χ1n) is 10.5. The second-order valence-electron chi connectivity index (χ2n) is 7.62. The van der Waals surface area contributed by atoms with Gasteiger partial charge in [-0.1, -0.05) is 18.2 Å². The molecule has 1 aromatic heterocycles. The Balaban J connectivity index is 1.31. The van der Waals surface area contributed by atoms with Crippen LogP contribution in [0.3, 0.4) is 0 Å². The Morgan fingerprint density at radius 1 is 0.839 bits per heavy atom. The van der Waals surface area contributed by atoms with Crippen LogP contribution in [0.2, 0.25) is 0 Å². The summed E-state index contributed by atoms with van der Waals surface area (Å²) in [5, 5.41) is 8.47. The van der Waals surface area contributed by atoms with Gasteiger partial charge in [-0.15, -0.1) is 10.2 Å². The first kappa shape index (κ1) is 20.7. The summed E-state index contributed by atoms with van der Waals surface area (Å²) in [4.78, 5) is 16.8. The molecule has 0 saturated carbocycles. The molecule has 0 spiro atoms. The van der Waals surface area contributed by atoms with Crippen LogP contribution in [0.1, 0.15) is 24.2 Å². The number of carbonyl (C=O) groups is 1. The predicted octanol–water partition coefficient (Wildman–Crippen LogP) is 4.02. The van der Waals surface area contributed by atoms with Crippen molar-refractivity contribution in [2.75, 3.05) is 31.1 Å². The molecule has 1 amide bonds. The molecular formula is C24H26N4O3. The second-order valence-corrected chi connectivity index (χ2v) is 7.62. The molecule has 0 bridgehead atoms. The summed E-state index contributed by atoms with van der Waals surface area (Å²) >= 11 is 0. The lowest BCUT2D eigenvalue weighted by Crippen LogP contribution is -2.49. The molecule has 1 aliphatic rings. The number of aromatic nitrogens is 2. The molecule has 0 unspecified atom stereocenters. The number of para-hydroxylation sites is 1. The van der Waals surface area contributed by atoms with Gasteiger partial charge < -0.3 is 19.3 Å². The molecule has 31 heavy (non-hydrogen) atoms. The number of ether oxygens (including phenoxy) is 2. The lowest BCUT2D eigenvalue weighted by Gasteiger charge is -2.35. The van der Waals surface area contributed by atoms with Crippen molar-refractivity contribution in [3.05, 3.63) is 72.3 Å². The molecule has 2 aromatic carbocycles. The maximum Gasteiger partial charge on any atom is 0.253 e. The van der Waals surface area contributed by atoms with Crippen molar-refractivity contribution in [1.82, 2.24) is 15.1 Å². The zero-order chi connectivity index (χ0) is 21.6. The zero-order valence-electron chi connectivity index (χ0n) is 17.8. The highest BCUT2D eigenvalue weighted by Crippen LogP contribution is 2.21. The van der Waals surface area contributed by atoms with Gasteiger partial charge in [0.2, 0.25) is 5.88 Å². The van der Waals surface area contributed by atoms with Gasteiger partial charge in [-0.05, 0) is 56.3 Å². The van der Waals surface area contributed by atoms with Crippen LogP contribution in [0.4, 0.5) is 5.82 Å². The van der Waals surface area contributed by atoms with Gasteiger partial charge in [0.1, 0.15) is 11.5 Å². The van der Waals surface area contributed by atoms with Crippen molar-refractivity contribution < 1.29 is 14.3 Å². The largest absolute Gasteiger partial charge is 0.491 e. The van der Waals surface area contributed by atoms with E-state index in [-0.39, 0.29) is 12.0 Å². The molecule has 160 valence electrons. The van der Waals surface area contributed by atoms with E-state index in [9.17, 15) is 4.79 Å². The zero-order valence-corrected chi connectivity index (χ0v) is 17.8. The van der Waals surface area contributed by atoms with Crippen molar-refractivity contribution in [3.63, 3.8) is 0 Å². The van der Waals surface area contributed by atoms with Crippen LogP contribution in [0.15, 0.2) is 66.7 Å². The first-order chi connectivity index (χ1) is 15.1. The highest BCUT2D eigenvalue weighted by atomic mass is 16.5. The molecule has 1 aliphatic heterocycles. The van der Waals surface area contributed by atoms with Crippen LogP contribution in [-0.4, -0.2) is 53.3 Å². The molecule has 3 aromatic rings. The van der Waals surface area contributed by atoms with Gasteiger partial charge >= 0.3 is 0 Å². The van der Waals surface area contributed by atoms with Crippen molar-refractivity contribution in [2.24, 2.45) is 0 Å². The molecular weight excluding hydrogens is 392 g/mol. The lowest BCUT2D eigenvalue weighted by molar-refractivity contribution is 0.0746. The summed E-state index contributed by atoms with van der Waals surface area (Å²) < 4.78 is 11.3. The van der Waals surface area contributed by atoms with Crippen LogP contribution < -0.4 is 14.4 Å².